The molecule has 1 amide bonds. The van der Waals surface area contributed by atoms with E-state index in [0.29, 0.717) is 38.4 Å². The zero-order valence-corrected chi connectivity index (χ0v) is 24.8. The van der Waals surface area contributed by atoms with Crippen molar-refractivity contribution in [3.8, 4) is 22.4 Å². The molecular weight excluding hydrogens is 565 g/mol. The standard InChI is InChI=1S/C33H32FN5O3S/c1-23-4-3-5-26(20-23)27-8-15-32-36-33(25-6-9-28(34)10-7-25)31(39(32)21-27)22-37-16-18-38(19-17-37)43(41,42)30-13-11-29(12-14-30)35-24(2)40/h3-15,20-21H,16-19,22H2,1-2H3,(H,35,40). The number of hydrogen-bond donors (Lipinski definition) is 1. The number of fused-ring (bicyclic) bond motifs is 1. The minimum atomic E-state index is -3.68. The number of rotatable bonds is 7. The average molecular weight is 598 g/mol. The third kappa shape index (κ3) is 6.08. The fraction of sp³-hybridized carbons (Fsp3) is 0.212. The van der Waals surface area contributed by atoms with Crippen LogP contribution in [0.15, 0.2) is 96.0 Å². The number of benzene rings is 3. The van der Waals surface area contributed by atoms with Gasteiger partial charge in [0.15, 0.2) is 0 Å². The molecule has 0 radical (unpaired) electrons. The SMILES string of the molecule is CC(=O)Nc1ccc(S(=O)(=O)N2CCN(Cc3c(-c4ccc(F)cc4)nc4ccc(-c5cccc(C)c5)cn34)CC2)cc1. The van der Waals surface area contributed by atoms with Gasteiger partial charge in [0.1, 0.15) is 11.5 Å². The van der Waals surface area contributed by atoms with E-state index >= 15 is 0 Å². The molecule has 1 fully saturated rings. The second kappa shape index (κ2) is 11.7. The molecule has 1 N–H and O–H groups in total. The Bertz CT molecular complexity index is 1900. The van der Waals surface area contributed by atoms with Gasteiger partial charge in [-0.3, -0.25) is 9.69 Å². The summed E-state index contributed by atoms with van der Waals surface area (Å²) in [5.41, 5.74) is 7.22. The number of carbonyl (C=O) groups excluding carboxylic acids is 1. The molecule has 3 aromatic carbocycles. The number of nitrogens with one attached hydrogen (secondary N) is 1. The summed E-state index contributed by atoms with van der Waals surface area (Å²) >= 11 is 0. The number of pyridine rings is 1. The Morgan fingerprint density at radius 2 is 1.58 bits per heavy atom. The molecule has 0 unspecified atom stereocenters. The Morgan fingerprint density at radius 1 is 0.884 bits per heavy atom. The summed E-state index contributed by atoms with van der Waals surface area (Å²) in [6.45, 7) is 5.78. The first-order valence-electron chi connectivity index (χ1n) is 14.1. The van der Waals surface area contributed by atoms with Gasteiger partial charge in [0.25, 0.3) is 0 Å². The number of nitrogens with zero attached hydrogens (tertiary/aromatic N) is 4. The predicted octanol–water partition coefficient (Wildman–Crippen LogP) is 5.58. The normalized spacial score (nSPS) is 14.7. The van der Waals surface area contributed by atoms with Gasteiger partial charge in [-0.25, -0.2) is 17.8 Å². The molecule has 0 saturated carbocycles. The maximum Gasteiger partial charge on any atom is 0.243 e. The number of piperazine rings is 1. The van der Waals surface area contributed by atoms with E-state index < -0.39 is 10.0 Å². The average Bonchev–Trinajstić information content (AvgIpc) is 3.35. The molecule has 43 heavy (non-hydrogen) atoms. The molecule has 0 bridgehead atoms. The summed E-state index contributed by atoms with van der Waals surface area (Å²) in [6.07, 6.45) is 2.09. The van der Waals surface area contributed by atoms with Crippen molar-refractivity contribution < 1.29 is 17.6 Å². The third-order valence-corrected chi connectivity index (χ3v) is 9.62. The van der Waals surface area contributed by atoms with Crippen molar-refractivity contribution in [2.24, 2.45) is 0 Å². The van der Waals surface area contributed by atoms with E-state index in [-0.39, 0.29) is 16.6 Å². The van der Waals surface area contributed by atoms with Crippen LogP contribution in [-0.4, -0.2) is 59.1 Å². The van der Waals surface area contributed by atoms with Crippen LogP contribution in [0, 0.1) is 12.7 Å². The van der Waals surface area contributed by atoms with E-state index in [2.05, 4.69) is 52.0 Å². The Kier molecular flexibility index (Phi) is 7.83. The molecule has 0 aliphatic carbocycles. The Hall–Kier alpha value is -4.38. The fourth-order valence-corrected chi connectivity index (χ4v) is 6.90. The molecule has 2 aromatic heterocycles. The first-order valence-corrected chi connectivity index (χ1v) is 15.6. The van der Waals surface area contributed by atoms with Crippen LogP contribution in [0.1, 0.15) is 18.2 Å². The van der Waals surface area contributed by atoms with Gasteiger partial charge in [-0.05, 0) is 78.7 Å². The van der Waals surface area contributed by atoms with Gasteiger partial charge in [-0.1, -0.05) is 29.8 Å². The van der Waals surface area contributed by atoms with Gasteiger partial charge in [0.2, 0.25) is 15.9 Å². The quantitative estimate of drug-likeness (QED) is 0.265. The summed E-state index contributed by atoms with van der Waals surface area (Å²) in [6, 6.07) is 25.0. The monoisotopic (exact) mass is 597 g/mol. The zero-order valence-electron chi connectivity index (χ0n) is 24.0. The molecule has 220 valence electrons. The maximum absolute atomic E-state index is 13.8. The van der Waals surface area contributed by atoms with Gasteiger partial charge in [-0.2, -0.15) is 4.31 Å². The van der Waals surface area contributed by atoms with Gasteiger partial charge < -0.3 is 9.72 Å². The molecule has 8 nitrogen and oxygen atoms in total. The van der Waals surface area contributed by atoms with Crippen LogP contribution in [0.3, 0.4) is 0 Å². The first-order chi connectivity index (χ1) is 20.7. The van der Waals surface area contributed by atoms with Crippen LogP contribution in [0.4, 0.5) is 10.1 Å². The van der Waals surface area contributed by atoms with Gasteiger partial charge in [-0.15, -0.1) is 0 Å². The number of aromatic nitrogens is 2. The van der Waals surface area contributed by atoms with Crippen molar-refractivity contribution >= 4 is 27.3 Å². The number of hydrogen-bond acceptors (Lipinski definition) is 5. The highest BCUT2D eigenvalue weighted by molar-refractivity contribution is 7.89. The number of imidazole rings is 1. The lowest BCUT2D eigenvalue weighted by atomic mass is 10.1. The molecule has 5 aromatic rings. The van der Waals surface area contributed by atoms with Crippen molar-refractivity contribution in [1.82, 2.24) is 18.6 Å². The van der Waals surface area contributed by atoms with Crippen molar-refractivity contribution in [3.63, 3.8) is 0 Å². The minimum Gasteiger partial charge on any atom is -0.326 e. The molecule has 0 atom stereocenters. The van der Waals surface area contributed by atoms with E-state index in [1.165, 1.54) is 41.1 Å². The highest BCUT2D eigenvalue weighted by Gasteiger charge is 2.29. The maximum atomic E-state index is 13.8. The number of aryl methyl sites for hydroxylation is 1. The van der Waals surface area contributed by atoms with E-state index in [9.17, 15) is 17.6 Å². The van der Waals surface area contributed by atoms with E-state index in [0.717, 1.165) is 33.7 Å². The Labute approximate surface area is 250 Å². The largest absolute Gasteiger partial charge is 0.326 e. The van der Waals surface area contributed by atoms with Crippen molar-refractivity contribution in [3.05, 3.63) is 108 Å². The van der Waals surface area contributed by atoms with Gasteiger partial charge in [0.05, 0.1) is 16.3 Å². The van der Waals surface area contributed by atoms with Crippen LogP contribution in [-0.2, 0) is 21.4 Å². The number of sulfonamides is 1. The molecule has 1 saturated heterocycles. The fourth-order valence-electron chi connectivity index (χ4n) is 5.48. The number of anilines is 1. The molecular formula is C33H32FN5O3S. The number of amides is 1. The van der Waals surface area contributed by atoms with E-state index in [4.69, 9.17) is 4.98 Å². The summed E-state index contributed by atoms with van der Waals surface area (Å²) in [7, 11) is -3.68. The third-order valence-electron chi connectivity index (χ3n) is 7.70. The van der Waals surface area contributed by atoms with Gasteiger partial charge >= 0.3 is 0 Å². The van der Waals surface area contributed by atoms with Crippen LogP contribution >= 0.6 is 0 Å². The highest BCUT2D eigenvalue weighted by Crippen LogP contribution is 2.30. The molecule has 1 aliphatic heterocycles. The second-order valence-electron chi connectivity index (χ2n) is 10.8. The minimum absolute atomic E-state index is 0.194. The summed E-state index contributed by atoms with van der Waals surface area (Å²) < 4.78 is 44.1. The number of halogens is 1. The number of carbonyl (C=O) groups is 1. The molecule has 0 spiro atoms. The summed E-state index contributed by atoms with van der Waals surface area (Å²) in [5.74, 6) is -0.524. The lowest BCUT2D eigenvalue weighted by Crippen LogP contribution is -2.48. The second-order valence-corrected chi connectivity index (χ2v) is 12.8. The lowest BCUT2D eigenvalue weighted by Gasteiger charge is -2.34. The molecule has 3 heterocycles. The van der Waals surface area contributed by atoms with Crippen LogP contribution in [0.2, 0.25) is 0 Å². The van der Waals surface area contributed by atoms with Crippen molar-refractivity contribution in [2.75, 3.05) is 31.5 Å². The van der Waals surface area contributed by atoms with Crippen molar-refractivity contribution in [2.45, 2.75) is 25.3 Å². The van der Waals surface area contributed by atoms with E-state index in [1.54, 1.807) is 24.3 Å². The van der Waals surface area contributed by atoms with Gasteiger partial charge in [0, 0.05) is 57.1 Å². The van der Waals surface area contributed by atoms with Crippen LogP contribution < -0.4 is 5.32 Å². The predicted molar refractivity (Wildman–Crippen MR) is 166 cm³/mol. The van der Waals surface area contributed by atoms with Crippen LogP contribution in [0.25, 0.3) is 28.0 Å². The molecule has 6 rings (SSSR count). The molecule has 10 heteroatoms. The highest BCUT2D eigenvalue weighted by atomic mass is 32.2. The first kappa shape index (κ1) is 28.7. The topological polar surface area (TPSA) is 87.0 Å². The van der Waals surface area contributed by atoms with Crippen LogP contribution in [0.5, 0.6) is 0 Å². The Morgan fingerprint density at radius 3 is 2.26 bits per heavy atom. The zero-order chi connectivity index (χ0) is 30.1. The van der Waals surface area contributed by atoms with E-state index in [1.807, 2.05) is 12.1 Å². The smallest absolute Gasteiger partial charge is 0.243 e. The Balaban J connectivity index is 1.26. The summed E-state index contributed by atoms with van der Waals surface area (Å²) in [4.78, 5) is 18.7. The van der Waals surface area contributed by atoms with Crippen molar-refractivity contribution in [1.29, 1.82) is 0 Å². The lowest BCUT2D eigenvalue weighted by molar-refractivity contribution is -0.114. The summed E-state index contributed by atoms with van der Waals surface area (Å²) in [5, 5.41) is 2.66. The molecule has 1 aliphatic rings.